The molecule has 1 saturated carbocycles. The van der Waals surface area contributed by atoms with E-state index in [-0.39, 0.29) is 36.4 Å². The lowest BCUT2D eigenvalue weighted by atomic mass is 9.85. The van der Waals surface area contributed by atoms with Crippen molar-refractivity contribution in [2.75, 3.05) is 13.1 Å². The lowest BCUT2D eigenvalue weighted by Crippen LogP contribution is -2.53. The van der Waals surface area contributed by atoms with Crippen molar-refractivity contribution >= 4 is 22.8 Å². The molecule has 1 saturated heterocycles. The first-order valence-electron chi connectivity index (χ1n) is 12.8. The van der Waals surface area contributed by atoms with Gasteiger partial charge in [0.25, 0.3) is 0 Å². The summed E-state index contributed by atoms with van der Waals surface area (Å²) in [5, 5.41) is 2.90. The van der Waals surface area contributed by atoms with Crippen molar-refractivity contribution in [1.29, 1.82) is 0 Å². The molecule has 1 aromatic heterocycles. The Balaban J connectivity index is 1.17. The fraction of sp³-hybridized carbons (Fsp3) is 0.345. The van der Waals surface area contributed by atoms with Gasteiger partial charge in [-0.2, -0.15) is 0 Å². The maximum atomic E-state index is 13.5. The minimum Gasteiger partial charge on any atom is -0.352 e. The summed E-state index contributed by atoms with van der Waals surface area (Å²) < 4.78 is 16.2. The van der Waals surface area contributed by atoms with Gasteiger partial charge in [0.15, 0.2) is 0 Å². The van der Waals surface area contributed by atoms with Gasteiger partial charge in [-0.25, -0.2) is 8.93 Å². The van der Waals surface area contributed by atoms with Gasteiger partial charge in [-0.1, -0.05) is 42.5 Å². The highest BCUT2D eigenvalue weighted by atomic mass is 32.2. The number of pyridine rings is 1. The van der Waals surface area contributed by atoms with Crippen molar-refractivity contribution in [3.63, 3.8) is 0 Å². The first kappa shape index (κ1) is 25.3. The van der Waals surface area contributed by atoms with Crippen molar-refractivity contribution in [2.45, 2.75) is 49.6 Å². The Morgan fingerprint density at radius 3 is 2.43 bits per heavy atom. The number of hydrogen-bond donors (Lipinski definition) is 2. The summed E-state index contributed by atoms with van der Waals surface area (Å²) in [4.78, 5) is 32.3. The quantitative estimate of drug-likeness (QED) is 0.520. The molecule has 7 nitrogen and oxygen atoms in total. The van der Waals surface area contributed by atoms with E-state index < -0.39 is 11.0 Å². The SMILES string of the molecule is Cc1cncc(-c2ccc(S(=O)NC3CCC(C(=O)N4CC(=O)NCC4c4ccccc4)CC3)cc2)c1. The van der Waals surface area contributed by atoms with Crippen LogP contribution in [0.1, 0.15) is 42.9 Å². The molecule has 1 aliphatic heterocycles. The Labute approximate surface area is 220 Å². The van der Waals surface area contributed by atoms with E-state index in [1.54, 1.807) is 4.90 Å². The van der Waals surface area contributed by atoms with Gasteiger partial charge in [0.05, 0.1) is 10.9 Å². The van der Waals surface area contributed by atoms with Crippen LogP contribution in [-0.2, 0) is 20.6 Å². The first-order valence-corrected chi connectivity index (χ1v) is 13.9. The Morgan fingerprint density at radius 2 is 1.73 bits per heavy atom. The van der Waals surface area contributed by atoms with E-state index in [9.17, 15) is 13.8 Å². The van der Waals surface area contributed by atoms with Crippen LogP contribution >= 0.6 is 0 Å². The largest absolute Gasteiger partial charge is 0.352 e. The maximum absolute atomic E-state index is 13.5. The number of aryl methyl sites for hydroxylation is 1. The number of nitrogens with zero attached hydrogens (tertiary/aromatic N) is 2. The number of rotatable bonds is 6. The van der Waals surface area contributed by atoms with Crippen LogP contribution in [0.4, 0.5) is 0 Å². The molecule has 0 spiro atoms. The molecule has 0 radical (unpaired) electrons. The molecule has 1 aliphatic carbocycles. The minimum absolute atomic E-state index is 0.0458. The van der Waals surface area contributed by atoms with Gasteiger partial charge in [-0.3, -0.25) is 14.6 Å². The van der Waals surface area contributed by atoms with Crippen LogP contribution in [0.3, 0.4) is 0 Å². The smallest absolute Gasteiger partial charge is 0.239 e. The highest BCUT2D eigenvalue weighted by molar-refractivity contribution is 7.83. The summed E-state index contributed by atoms with van der Waals surface area (Å²) in [7, 11) is -1.33. The Hall–Kier alpha value is -3.36. The molecule has 2 aliphatic rings. The predicted octanol–water partition coefficient (Wildman–Crippen LogP) is 3.93. The number of aromatic nitrogens is 1. The first-order chi connectivity index (χ1) is 18.0. The molecule has 2 amide bonds. The minimum atomic E-state index is -1.33. The van der Waals surface area contributed by atoms with Gasteiger partial charge in [0.2, 0.25) is 11.8 Å². The number of hydrogen-bond acceptors (Lipinski definition) is 4. The summed E-state index contributed by atoms with van der Waals surface area (Å²) >= 11 is 0. The maximum Gasteiger partial charge on any atom is 0.239 e. The van der Waals surface area contributed by atoms with Gasteiger partial charge < -0.3 is 10.2 Å². The van der Waals surface area contributed by atoms with E-state index in [2.05, 4.69) is 21.1 Å². The number of amides is 2. The van der Waals surface area contributed by atoms with Crippen molar-refractivity contribution in [2.24, 2.45) is 5.92 Å². The van der Waals surface area contributed by atoms with Crippen LogP contribution in [0.5, 0.6) is 0 Å². The molecular weight excluding hydrogens is 484 g/mol. The van der Waals surface area contributed by atoms with Crippen LogP contribution in [-0.4, -0.2) is 45.0 Å². The zero-order chi connectivity index (χ0) is 25.8. The average molecular weight is 517 g/mol. The molecule has 2 atom stereocenters. The van der Waals surface area contributed by atoms with Crippen LogP contribution in [0.25, 0.3) is 11.1 Å². The Kier molecular flexibility index (Phi) is 7.76. The molecule has 2 fully saturated rings. The fourth-order valence-corrected chi connectivity index (χ4v) is 6.30. The van der Waals surface area contributed by atoms with Crippen molar-refractivity contribution in [3.8, 4) is 11.1 Å². The second kappa shape index (κ2) is 11.4. The van der Waals surface area contributed by atoms with Crippen LogP contribution < -0.4 is 10.0 Å². The molecular formula is C29H32N4O3S. The highest BCUT2D eigenvalue weighted by Crippen LogP contribution is 2.31. The number of carbonyl (C=O) groups excluding carboxylic acids is 2. The molecule has 2 N–H and O–H groups in total. The van der Waals surface area contributed by atoms with Crippen molar-refractivity contribution < 1.29 is 13.8 Å². The fourth-order valence-electron chi connectivity index (χ4n) is 5.24. The summed E-state index contributed by atoms with van der Waals surface area (Å²) in [5.41, 5.74) is 4.21. The van der Waals surface area contributed by atoms with E-state index in [1.807, 2.05) is 73.9 Å². The summed E-state index contributed by atoms with van der Waals surface area (Å²) in [6.45, 7) is 2.54. The Morgan fingerprint density at radius 1 is 1.00 bits per heavy atom. The van der Waals surface area contributed by atoms with Gasteiger partial charge in [-0.15, -0.1) is 0 Å². The third kappa shape index (κ3) is 5.97. The van der Waals surface area contributed by atoms with Crippen molar-refractivity contribution in [3.05, 3.63) is 84.2 Å². The van der Waals surface area contributed by atoms with E-state index >= 15 is 0 Å². The number of nitrogens with one attached hydrogen (secondary N) is 2. The zero-order valence-corrected chi connectivity index (χ0v) is 21.7. The van der Waals surface area contributed by atoms with Gasteiger partial charge >= 0.3 is 0 Å². The molecule has 2 unspecified atom stereocenters. The van der Waals surface area contributed by atoms with Crippen LogP contribution in [0, 0.1) is 12.8 Å². The van der Waals surface area contributed by atoms with E-state index in [0.717, 1.165) is 40.0 Å². The third-order valence-corrected chi connectivity index (χ3v) is 8.52. The lowest BCUT2D eigenvalue weighted by molar-refractivity contribution is -0.145. The normalized spacial score (nSPS) is 22.8. The van der Waals surface area contributed by atoms with Gasteiger partial charge in [0, 0.05) is 36.5 Å². The van der Waals surface area contributed by atoms with Crippen molar-refractivity contribution in [1.82, 2.24) is 19.9 Å². The zero-order valence-electron chi connectivity index (χ0n) is 20.9. The van der Waals surface area contributed by atoms with E-state index in [0.29, 0.717) is 19.4 Å². The second-order valence-corrected chi connectivity index (χ2v) is 11.2. The number of benzene rings is 2. The Bertz CT molecular complexity index is 1270. The lowest BCUT2D eigenvalue weighted by Gasteiger charge is -2.39. The molecule has 3 aromatic rings. The molecule has 192 valence electrons. The monoisotopic (exact) mass is 516 g/mol. The van der Waals surface area contributed by atoms with Crippen LogP contribution in [0.2, 0.25) is 0 Å². The van der Waals surface area contributed by atoms with Gasteiger partial charge in [0.1, 0.15) is 17.5 Å². The molecule has 2 heterocycles. The van der Waals surface area contributed by atoms with E-state index in [1.165, 1.54) is 0 Å². The molecule has 37 heavy (non-hydrogen) atoms. The molecule has 2 aromatic carbocycles. The summed E-state index contributed by atoms with van der Waals surface area (Å²) in [6, 6.07) is 19.6. The molecule has 0 bridgehead atoms. The average Bonchev–Trinajstić information content (AvgIpc) is 2.93. The topological polar surface area (TPSA) is 91.4 Å². The van der Waals surface area contributed by atoms with E-state index in [4.69, 9.17) is 0 Å². The summed E-state index contributed by atoms with van der Waals surface area (Å²) in [5.74, 6) is -0.189. The number of piperazine rings is 1. The second-order valence-electron chi connectivity index (χ2n) is 9.91. The third-order valence-electron chi connectivity index (χ3n) is 7.28. The van der Waals surface area contributed by atoms with Crippen LogP contribution in [0.15, 0.2) is 78.0 Å². The highest BCUT2D eigenvalue weighted by Gasteiger charge is 2.36. The molecule has 8 heteroatoms. The number of carbonyl (C=O) groups is 2. The summed E-state index contributed by atoms with van der Waals surface area (Å²) in [6.07, 6.45) is 6.62. The molecule has 5 rings (SSSR count). The van der Waals surface area contributed by atoms with Gasteiger partial charge in [-0.05, 0) is 67.5 Å². The predicted molar refractivity (Wildman–Crippen MR) is 144 cm³/mol. The standard InChI is InChI=1S/C29H32N4O3S/c1-20-15-24(17-30-16-20)21-9-13-26(14-10-21)37(36)32-25-11-7-23(8-12-25)29(35)33-19-28(34)31-18-27(33)22-5-3-2-4-6-22/h2-6,9-10,13-17,23,25,27,32H,7-8,11-12,18-19H2,1H3,(H,31,34).